The number of hydrogen-bond donors (Lipinski definition) is 1. The lowest BCUT2D eigenvalue weighted by atomic mass is 9.84. The Hall–Kier alpha value is -0.780. The fraction of sp³-hybridized carbons (Fsp3) is 0.929. The van der Waals surface area contributed by atoms with Crippen molar-refractivity contribution in [3.8, 4) is 0 Å². The lowest BCUT2D eigenvalue weighted by molar-refractivity contribution is -0.189. The molecule has 0 spiro atoms. The molecule has 1 aliphatic rings. The summed E-state index contributed by atoms with van der Waals surface area (Å²) >= 11 is 0. The molecule has 0 aromatic heterocycles. The minimum absolute atomic E-state index is 0.129. The van der Waals surface area contributed by atoms with E-state index < -0.39 is 18.1 Å². The molecule has 1 rings (SSSR count). The summed E-state index contributed by atoms with van der Waals surface area (Å²) in [6, 6.07) is -0.743. The van der Waals surface area contributed by atoms with Crippen molar-refractivity contribution in [2.24, 2.45) is 5.92 Å². The van der Waals surface area contributed by atoms with Crippen molar-refractivity contribution in [3.05, 3.63) is 0 Å². The molecule has 1 saturated carbocycles. The summed E-state index contributed by atoms with van der Waals surface area (Å²) in [6.45, 7) is 3.53. The molecule has 2 atom stereocenters. The van der Waals surface area contributed by atoms with Crippen molar-refractivity contribution < 1.29 is 18.0 Å². The van der Waals surface area contributed by atoms with Crippen LogP contribution in [0.15, 0.2) is 0 Å². The van der Waals surface area contributed by atoms with Crippen LogP contribution in [-0.4, -0.2) is 43.2 Å². The van der Waals surface area contributed by atoms with E-state index in [0.717, 1.165) is 19.4 Å². The fourth-order valence-electron chi connectivity index (χ4n) is 2.76. The summed E-state index contributed by atoms with van der Waals surface area (Å²) < 4.78 is 38.7. The van der Waals surface area contributed by atoms with Crippen molar-refractivity contribution in [3.63, 3.8) is 0 Å². The zero-order valence-corrected chi connectivity index (χ0v) is 12.3. The lowest BCUT2D eigenvalue weighted by Crippen LogP contribution is -2.48. The van der Waals surface area contributed by atoms with E-state index in [9.17, 15) is 18.0 Å². The highest BCUT2D eigenvalue weighted by Gasteiger charge is 2.45. The third-order valence-corrected chi connectivity index (χ3v) is 3.86. The smallest absolute Gasteiger partial charge is 0.353 e. The summed E-state index contributed by atoms with van der Waals surface area (Å²) in [4.78, 5) is 13.8. The molecule has 1 fully saturated rings. The standard InChI is InChI=1S/C14H25F3N2O/c1-3-9-19(2)10-8-13(20)18-12-7-5-4-6-11(12)14(15,16)17/h11-12H,3-10H2,1-2H3,(H,18,20)/t11-,12-/m1/s1. The van der Waals surface area contributed by atoms with Gasteiger partial charge < -0.3 is 10.2 Å². The first-order valence-corrected chi connectivity index (χ1v) is 7.39. The van der Waals surface area contributed by atoms with E-state index in [-0.39, 0.29) is 18.7 Å². The van der Waals surface area contributed by atoms with Gasteiger partial charge in [-0.3, -0.25) is 4.79 Å². The minimum Gasteiger partial charge on any atom is -0.353 e. The lowest BCUT2D eigenvalue weighted by Gasteiger charge is -2.33. The first-order chi connectivity index (χ1) is 9.34. The molecule has 1 amide bonds. The molecular weight excluding hydrogens is 269 g/mol. The van der Waals surface area contributed by atoms with Gasteiger partial charge in [-0.2, -0.15) is 13.2 Å². The molecule has 118 valence electrons. The molecule has 0 aromatic rings. The molecule has 0 bridgehead atoms. The van der Waals surface area contributed by atoms with E-state index in [0.29, 0.717) is 19.4 Å². The molecule has 1 N–H and O–H groups in total. The van der Waals surface area contributed by atoms with Crippen molar-refractivity contribution in [2.45, 2.75) is 57.7 Å². The van der Waals surface area contributed by atoms with Gasteiger partial charge in [0.05, 0.1) is 5.92 Å². The van der Waals surface area contributed by atoms with Gasteiger partial charge in [0.1, 0.15) is 0 Å². The Balaban J connectivity index is 2.42. The number of rotatable bonds is 6. The van der Waals surface area contributed by atoms with Gasteiger partial charge in [-0.1, -0.05) is 19.8 Å². The zero-order valence-electron chi connectivity index (χ0n) is 12.3. The summed E-state index contributed by atoms with van der Waals surface area (Å²) in [5.74, 6) is -1.65. The number of carbonyl (C=O) groups is 1. The topological polar surface area (TPSA) is 32.3 Å². The van der Waals surface area contributed by atoms with Gasteiger partial charge >= 0.3 is 6.18 Å². The largest absolute Gasteiger partial charge is 0.393 e. The summed E-state index contributed by atoms with van der Waals surface area (Å²) in [5, 5.41) is 2.59. The molecule has 6 heteroatoms. The quantitative estimate of drug-likeness (QED) is 0.817. The maximum absolute atomic E-state index is 12.9. The second-order valence-electron chi connectivity index (χ2n) is 5.66. The Morgan fingerprint density at radius 3 is 2.50 bits per heavy atom. The number of alkyl halides is 3. The van der Waals surface area contributed by atoms with E-state index in [1.54, 1.807) is 0 Å². The number of hydrogen-bond acceptors (Lipinski definition) is 2. The van der Waals surface area contributed by atoms with E-state index in [2.05, 4.69) is 5.32 Å². The number of amides is 1. The Labute approximate surface area is 118 Å². The van der Waals surface area contributed by atoms with Crippen LogP contribution in [0.1, 0.15) is 45.4 Å². The highest BCUT2D eigenvalue weighted by Crippen LogP contribution is 2.37. The average Bonchev–Trinajstić information content (AvgIpc) is 2.36. The molecule has 0 aromatic carbocycles. The van der Waals surface area contributed by atoms with Gasteiger partial charge in [-0.15, -0.1) is 0 Å². The number of halogens is 3. The fourth-order valence-corrected chi connectivity index (χ4v) is 2.76. The number of nitrogens with zero attached hydrogens (tertiary/aromatic N) is 1. The monoisotopic (exact) mass is 294 g/mol. The molecular formula is C14H25F3N2O. The second kappa shape index (κ2) is 7.86. The molecule has 20 heavy (non-hydrogen) atoms. The van der Waals surface area contributed by atoms with Gasteiger partial charge in [0, 0.05) is 19.0 Å². The van der Waals surface area contributed by atoms with Crippen LogP contribution in [0, 0.1) is 5.92 Å². The van der Waals surface area contributed by atoms with E-state index in [4.69, 9.17) is 0 Å². The first kappa shape index (κ1) is 17.3. The summed E-state index contributed by atoms with van der Waals surface area (Å²) in [7, 11) is 1.91. The predicted molar refractivity (Wildman–Crippen MR) is 72.3 cm³/mol. The van der Waals surface area contributed by atoms with Gasteiger partial charge in [0.2, 0.25) is 5.91 Å². The summed E-state index contributed by atoms with van der Waals surface area (Å²) in [6.07, 6.45) is -1.04. The Bertz CT molecular complexity index is 307. The third-order valence-electron chi connectivity index (χ3n) is 3.86. The average molecular weight is 294 g/mol. The van der Waals surface area contributed by atoms with Crippen LogP contribution in [-0.2, 0) is 4.79 Å². The molecule has 0 radical (unpaired) electrons. The molecule has 1 aliphatic carbocycles. The highest BCUT2D eigenvalue weighted by molar-refractivity contribution is 5.76. The maximum Gasteiger partial charge on any atom is 0.393 e. The molecule has 3 nitrogen and oxygen atoms in total. The van der Waals surface area contributed by atoms with Crippen LogP contribution < -0.4 is 5.32 Å². The Kier molecular flexibility index (Phi) is 6.79. The van der Waals surface area contributed by atoms with Crippen LogP contribution >= 0.6 is 0 Å². The normalized spacial score (nSPS) is 23.9. The van der Waals surface area contributed by atoms with Crippen molar-refractivity contribution in [1.29, 1.82) is 0 Å². The molecule has 0 heterocycles. The van der Waals surface area contributed by atoms with Crippen LogP contribution in [0.3, 0.4) is 0 Å². The first-order valence-electron chi connectivity index (χ1n) is 7.39. The van der Waals surface area contributed by atoms with E-state index in [1.165, 1.54) is 0 Å². The predicted octanol–water partition coefficient (Wildman–Crippen LogP) is 2.96. The van der Waals surface area contributed by atoms with Gasteiger partial charge in [-0.25, -0.2) is 0 Å². The van der Waals surface area contributed by atoms with E-state index in [1.807, 2.05) is 18.9 Å². The van der Waals surface area contributed by atoms with Gasteiger partial charge in [-0.05, 0) is 32.9 Å². The zero-order chi connectivity index (χ0) is 15.2. The third kappa shape index (κ3) is 5.69. The van der Waals surface area contributed by atoms with Gasteiger partial charge in [0.25, 0.3) is 0 Å². The Morgan fingerprint density at radius 1 is 1.25 bits per heavy atom. The molecule has 0 unspecified atom stereocenters. The number of carbonyl (C=O) groups excluding carboxylic acids is 1. The summed E-state index contributed by atoms with van der Waals surface area (Å²) in [5.41, 5.74) is 0. The van der Waals surface area contributed by atoms with E-state index >= 15 is 0 Å². The van der Waals surface area contributed by atoms with Crippen LogP contribution in [0.5, 0.6) is 0 Å². The van der Waals surface area contributed by atoms with Crippen molar-refractivity contribution in [2.75, 3.05) is 20.1 Å². The van der Waals surface area contributed by atoms with Crippen molar-refractivity contribution in [1.82, 2.24) is 10.2 Å². The highest BCUT2D eigenvalue weighted by atomic mass is 19.4. The van der Waals surface area contributed by atoms with Crippen LogP contribution in [0.2, 0.25) is 0 Å². The van der Waals surface area contributed by atoms with Crippen LogP contribution in [0.4, 0.5) is 13.2 Å². The minimum atomic E-state index is -4.21. The second-order valence-corrected chi connectivity index (χ2v) is 5.66. The molecule has 0 aliphatic heterocycles. The SMILES string of the molecule is CCCN(C)CCC(=O)N[C@@H]1CCCC[C@H]1C(F)(F)F. The van der Waals surface area contributed by atoms with Crippen LogP contribution in [0.25, 0.3) is 0 Å². The van der Waals surface area contributed by atoms with Crippen molar-refractivity contribution >= 4 is 5.91 Å². The maximum atomic E-state index is 12.9. The van der Waals surface area contributed by atoms with Gasteiger partial charge in [0.15, 0.2) is 0 Å². The Morgan fingerprint density at radius 2 is 1.90 bits per heavy atom. The number of nitrogens with one attached hydrogen (secondary N) is 1. The molecule has 0 saturated heterocycles.